The smallest absolute Gasteiger partial charge is 0.149 e. The highest BCUT2D eigenvalue weighted by atomic mass is 16.5. The highest BCUT2D eigenvalue weighted by molar-refractivity contribution is 5.62. The minimum Gasteiger partial charge on any atom is -0.396 e. The fourth-order valence-corrected chi connectivity index (χ4v) is 1.99. The maximum Gasteiger partial charge on any atom is 0.149 e. The summed E-state index contributed by atoms with van der Waals surface area (Å²) in [6, 6.07) is 3.80. The zero-order chi connectivity index (χ0) is 11.6. The molecule has 0 aromatic carbocycles. The van der Waals surface area contributed by atoms with Crippen molar-refractivity contribution >= 4 is 11.5 Å². The highest BCUT2D eigenvalue weighted by Crippen LogP contribution is 2.26. The van der Waals surface area contributed by atoms with Crippen LogP contribution < -0.4 is 11.1 Å². The van der Waals surface area contributed by atoms with Gasteiger partial charge in [-0.15, -0.1) is 0 Å². The van der Waals surface area contributed by atoms with E-state index in [-0.39, 0.29) is 5.54 Å². The number of ether oxygens (including phenoxy) is 1. The average Bonchev–Trinajstić information content (AvgIpc) is 2.24. The third kappa shape index (κ3) is 2.44. The highest BCUT2D eigenvalue weighted by Gasteiger charge is 2.28. The lowest BCUT2D eigenvalue weighted by atomic mass is 9.95. The fourth-order valence-electron chi connectivity index (χ4n) is 1.99. The molecule has 4 heteroatoms. The molecule has 1 aliphatic rings. The molecule has 88 valence electrons. The maximum atomic E-state index is 5.90. The molecule has 2 rings (SSSR count). The van der Waals surface area contributed by atoms with Gasteiger partial charge in [0.2, 0.25) is 0 Å². The summed E-state index contributed by atoms with van der Waals surface area (Å²) in [5, 5.41) is 3.41. The Labute approximate surface area is 96.2 Å². The Morgan fingerprint density at radius 2 is 2.31 bits per heavy atom. The Morgan fingerprint density at radius 3 is 3.00 bits per heavy atom. The molecule has 0 spiro atoms. The lowest BCUT2D eigenvalue weighted by molar-refractivity contribution is 0.0539. The van der Waals surface area contributed by atoms with Crippen LogP contribution in [-0.2, 0) is 4.74 Å². The van der Waals surface area contributed by atoms with Crippen molar-refractivity contribution < 1.29 is 4.74 Å². The van der Waals surface area contributed by atoms with E-state index >= 15 is 0 Å². The number of hydrogen-bond donors (Lipinski definition) is 2. The van der Waals surface area contributed by atoms with E-state index < -0.39 is 0 Å². The molecule has 0 bridgehead atoms. The number of aryl methyl sites for hydroxylation is 1. The van der Waals surface area contributed by atoms with Gasteiger partial charge >= 0.3 is 0 Å². The number of hydrogen-bond acceptors (Lipinski definition) is 4. The van der Waals surface area contributed by atoms with E-state index in [0.29, 0.717) is 12.3 Å². The number of anilines is 2. The average molecular weight is 221 g/mol. The summed E-state index contributed by atoms with van der Waals surface area (Å²) in [5.41, 5.74) is 7.51. The Hall–Kier alpha value is -1.29. The van der Waals surface area contributed by atoms with Crippen LogP contribution in [0.25, 0.3) is 0 Å². The summed E-state index contributed by atoms with van der Waals surface area (Å²) in [5.74, 6) is 0.771. The van der Waals surface area contributed by atoms with Gasteiger partial charge in [-0.3, -0.25) is 0 Å². The van der Waals surface area contributed by atoms with Gasteiger partial charge in [-0.2, -0.15) is 0 Å². The van der Waals surface area contributed by atoms with Crippen molar-refractivity contribution in [2.24, 2.45) is 0 Å². The van der Waals surface area contributed by atoms with Crippen LogP contribution in [-0.4, -0.2) is 23.7 Å². The molecule has 0 aliphatic carbocycles. The lowest BCUT2D eigenvalue weighted by Gasteiger charge is -2.35. The Balaban J connectivity index is 2.15. The molecule has 1 atom stereocenters. The first-order valence-corrected chi connectivity index (χ1v) is 5.68. The number of nitrogen functional groups attached to an aromatic ring is 1. The second-order valence-corrected chi connectivity index (χ2v) is 4.73. The van der Waals surface area contributed by atoms with Crippen molar-refractivity contribution in [1.82, 2.24) is 4.98 Å². The van der Waals surface area contributed by atoms with Crippen molar-refractivity contribution in [2.75, 3.05) is 24.3 Å². The van der Waals surface area contributed by atoms with Gasteiger partial charge < -0.3 is 15.8 Å². The third-order valence-corrected chi connectivity index (χ3v) is 2.92. The molecule has 1 saturated heterocycles. The second kappa shape index (κ2) is 4.29. The second-order valence-electron chi connectivity index (χ2n) is 4.73. The van der Waals surface area contributed by atoms with Crippen LogP contribution >= 0.6 is 0 Å². The van der Waals surface area contributed by atoms with Crippen LogP contribution in [0.2, 0.25) is 0 Å². The summed E-state index contributed by atoms with van der Waals surface area (Å²) in [7, 11) is 0. The molecular formula is C12H19N3O. The zero-order valence-corrected chi connectivity index (χ0v) is 9.92. The van der Waals surface area contributed by atoms with Gasteiger partial charge in [0, 0.05) is 12.3 Å². The van der Waals surface area contributed by atoms with Crippen LogP contribution in [0.15, 0.2) is 12.1 Å². The van der Waals surface area contributed by atoms with Crippen LogP contribution in [0.4, 0.5) is 11.5 Å². The van der Waals surface area contributed by atoms with Crippen molar-refractivity contribution in [3.8, 4) is 0 Å². The van der Waals surface area contributed by atoms with E-state index in [1.807, 2.05) is 19.1 Å². The summed E-state index contributed by atoms with van der Waals surface area (Å²) in [4.78, 5) is 4.42. The fraction of sp³-hybridized carbons (Fsp3) is 0.583. The summed E-state index contributed by atoms with van der Waals surface area (Å²) >= 11 is 0. The molecule has 1 fully saturated rings. The Bertz CT molecular complexity index is 373. The molecule has 1 aromatic rings. The molecule has 0 amide bonds. The summed E-state index contributed by atoms with van der Waals surface area (Å²) in [6.45, 7) is 5.68. The van der Waals surface area contributed by atoms with E-state index in [1.54, 1.807) is 0 Å². The first-order chi connectivity index (χ1) is 7.59. The number of nitrogens with one attached hydrogen (secondary N) is 1. The summed E-state index contributed by atoms with van der Waals surface area (Å²) in [6.07, 6.45) is 2.16. The number of pyridine rings is 1. The van der Waals surface area contributed by atoms with Crippen LogP contribution in [0.3, 0.4) is 0 Å². The Morgan fingerprint density at radius 1 is 1.50 bits per heavy atom. The van der Waals surface area contributed by atoms with Gasteiger partial charge in [0.15, 0.2) is 0 Å². The topological polar surface area (TPSA) is 60.2 Å². The number of aromatic nitrogens is 1. The maximum absolute atomic E-state index is 5.90. The van der Waals surface area contributed by atoms with Gasteiger partial charge in [-0.1, -0.05) is 0 Å². The van der Waals surface area contributed by atoms with Crippen molar-refractivity contribution in [3.05, 3.63) is 17.8 Å². The normalized spacial score (nSPS) is 25.4. The standard InChI is InChI=1S/C12H19N3O/c1-9-4-5-10(13)11(14-9)15-12(2)6-3-7-16-8-12/h4-5H,3,6-8,13H2,1-2H3,(H,14,15). The van der Waals surface area contributed by atoms with E-state index in [4.69, 9.17) is 10.5 Å². The number of nitrogens with two attached hydrogens (primary N) is 1. The van der Waals surface area contributed by atoms with Gasteiger partial charge in [0.25, 0.3) is 0 Å². The van der Waals surface area contributed by atoms with Crippen molar-refractivity contribution in [1.29, 1.82) is 0 Å². The van der Waals surface area contributed by atoms with E-state index in [2.05, 4.69) is 17.2 Å². The first-order valence-electron chi connectivity index (χ1n) is 5.68. The monoisotopic (exact) mass is 221 g/mol. The van der Waals surface area contributed by atoms with Gasteiger partial charge in [0.05, 0.1) is 17.8 Å². The van der Waals surface area contributed by atoms with Gasteiger partial charge in [0.1, 0.15) is 5.82 Å². The quantitative estimate of drug-likeness (QED) is 0.801. The van der Waals surface area contributed by atoms with E-state index in [1.165, 1.54) is 0 Å². The van der Waals surface area contributed by atoms with Gasteiger partial charge in [-0.25, -0.2) is 4.98 Å². The van der Waals surface area contributed by atoms with E-state index in [9.17, 15) is 0 Å². The van der Waals surface area contributed by atoms with Crippen LogP contribution in [0.5, 0.6) is 0 Å². The Kier molecular flexibility index (Phi) is 3.01. The van der Waals surface area contributed by atoms with E-state index in [0.717, 1.165) is 31.0 Å². The summed E-state index contributed by atoms with van der Waals surface area (Å²) < 4.78 is 5.50. The predicted molar refractivity (Wildman–Crippen MR) is 65.5 cm³/mol. The van der Waals surface area contributed by atoms with Crippen LogP contribution in [0.1, 0.15) is 25.5 Å². The van der Waals surface area contributed by atoms with Gasteiger partial charge in [-0.05, 0) is 38.8 Å². The SMILES string of the molecule is Cc1ccc(N)c(NC2(C)CCCOC2)n1. The van der Waals surface area contributed by atoms with Crippen molar-refractivity contribution in [3.63, 3.8) is 0 Å². The van der Waals surface area contributed by atoms with Crippen molar-refractivity contribution in [2.45, 2.75) is 32.2 Å². The molecular weight excluding hydrogens is 202 g/mol. The molecule has 4 nitrogen and oxygen atoms in total. The molecule has 16 heavy (non-hydrogen) atoms. The zero-order valence-electron chi connectivity index (χ0n) is 9.92. The molecule has 2 heterocycles. The molecule has 0 saturated carbocycles. The van der Waals surface area contributed by atoms with Crippen LogP contribution in [0, 0.1) is 6.92 Å². The molecule has 1 unspecified atom stereocenters. The minimum atomic E-state index is -0.0484. The molecule has 1 aliphatic heterocycles. The molecule has 1 aromatic heterocycles. The number of nitrogens with zero attached hydrogens (tertiary/aromatic N) is 1. The predicted octanol–water partition coefficient (Wildman–Crippen LogP) is 1.95. The molecule has 0 radical (unpaired) electrons. The third-order valence-electron chi connectivity index (χ3n) is 2.92. The molecule has 3 N–H and O–H groups in total. The first kappa shape index (κ1) is 11.2. The largest absolute Gasteiger partial charge is 0.396 e. The lowest BCUT2D eigenvalue weighted by Crippen LogP contribution is -2.43. The minimum absolute atomic E-state index is 0.0484. The number of rotatable bonds is 2.